The quantitative estimate of drug-likeness (QED) is 0.201. The Morgan fingerprint density at radius 2 is 1.00 bits per heavy atom. The van der Waals surface area contributed by atoms with Gasteiger partial charge in [0.25, 0.3) is 0 Å². The van der Waals surface area contributed by atoms with Gasteiger partial charge in [-0.25, -0.2) is 9.97 Å². The van der Waals surface area contributed by atoms with Crippen LogP contribution in [0.4, 0.5) is 17.1 Å². The van der Waals surface area contributed by atoms with Crippen LogP contribution in [0.15, 0.2) is 158 Å². The second-order valence-corrected chi connectivity index (χ2v) is 10.4. The van der Waals surface area contributed by atoms with Crippen molar-refractivity contribution in [2.45, 2.75) is 0 Å². The van der Waals surface area contributed by atoms with Gasteiger partial charge >= 0.3 is 0 Å². The lowest BCUT2D eigenvalue weighted by atomic mass is 10.1. The zero-order valence-electron chi connectivity index (χ0n) is 23.7. The zero-order chi connectivity index (χ0) is 29.3. The summed E-state index contributed by atoms with van der Waals surface area (Å²) in [6.07, 6.45) is 1.97. The molecule has 0 fully saturated rings. The summed E-state index contributed by atoms with van der Waals surface area (Å²) in [5.41, 5.74) is 6.88. The molecular weight excluding hydrogens is 540 g/mol. The van der Waals surface area contributed by atoms with Crippen LogP contribution >= 0.6 is 0 Å². The highest BCUT2D eigenvalue weighted by Gasteiger charge is 2.23. The molecule has 2 aliphatic rings. The number of hydrogen-bond acceptors (Lipinski definition) is 5. The van der Waals surface area contributed by atoms with Gasteiger partial charge in [0.05, 0.1) is 11.2 Å². The second-order valence-electron chi connectivity index (χ2n) is 10.4. The molecule has 8 rings (SSSR count). The maximum Gasteiger partial charge on any atom is 0.239 e. The smallest absolute Gasteiger partial charge is 0.239 e. The fourth-order valence-electron chi connectivity index (χ4n) is 5.62. The van der Waals surface area contributed by atoms with Gasteiger partial charge in [-0.3, -0.25) is 4.57 Å². The first kappa shape index (κ1) is 25.6. The molecule has 1 aromatic heterocycles. The predicted octanol–water partition coefficient (Wildman–Crippen LogP) is 9.12. The highest BCUT2D eigenvalue weighted by atomic mass is 15.2. The fourth-order valence-corrected chi connectivity index (χ4v) is 5.62. The van der Waals surface area contributed by atoms with E-state index in [1.54, 1.807) is 0 Å². The monoisotopic (exact) mass is 566 g/mol. The van der Waals surface area contributed by atoms with Crippen molar-refractivity contribution >= 4 is 28.0 Å². The Bertz CT molecular complexity index is 2060. The van der Waals surface area contributed by atoms with Gasteiger partial charge in [0.2, 0.25) is 5.95 Å². The summed E-state index contributed by atoms with van der Waals surface area (Å²) in [6, 6.07) is 51.3. The van der Waals surface area contributed by atoms with E-state index in [0.29, 0.717) is 17.6 Å². The maximum absolute atomic E-state index is 5.29. The lowest BCUT2D eigenvalue weighted by Crippen LogP contribution is -2.10. The topological polar surface area (TPSA) is 59.7 Å². The summed E-state index contributed by atoms with van der Waals surface area (Å²) in [5, 5.41) is 1.06. The van der Waals surface area contributed by atoms with Crippen molar-refractivity contribution in [3.63, 3.8) is 0 Å². The maximum atomic E-state index is 5.29. The summed E-state index contributed by atoms with van der Waals surface area (Å²) < 4.78 is 1.97. The Hall–Kier alpha value is -6.14. The van der Waals surface area contributed by atoms with Gasteiger partial charge in [0, 0.05) is 39.6 Å². The molecule has 6 aromatic rings. The number of nitrogens with zero attached hydrogens (tertiary/aromatic N) is 6. The molecule has 6 heteroatoms. The minimum atomic E-state index is 0.510. The van der Waals surface area contributed by atoms with Crippen molar-refractivity contribution in [2.24, 2.45) is 0 Å². The Kier molecular flexibility index (Phi) is 6.35. The van der Waals surface area contributed by atoms with Crippen molar-refractivity contribution in [1.29, 1.82) is 0 Å². The number of fused-ring (bicyclic) bond motifs is 3. The molecule has 0 saturated carbocycles. The van der Waals surface area contributed by atoms with Gasteiger partial charge in [-0.05, 0) is 42.5 Å². The summed E-state index contributed by atoms with van der Waals surface area (Å²) in [4.78, 5) is 22.3. The molecule has 0 saturated heterocycles. The normalized spacial score (nSPS) is 11.2. The molecule has 6 nitrogen and oxygen atoms in total. The van der Waals surface area contributed by atoms with E-state index in [1.165, 1.54) is 0 Å². The first-order valence-corrected chi connectivity index (χ1v) is 14.5. The molecular formula is C38H26N6. The predicted molar refractivity (Wildman–Crippen MR) is 177 cm³/mol. The number of pyridine rings is 1. The first-order chi connectivity index (χ1) is 21.8. The SMILES string of the molecule is c1ccc(-c2nc(-c3ccccc3)nc(-n3cccc4c5cccc(N(c6ccccc6)c6ccccc6)c5nc3-4)n2)cc1. The minimum absolute atomic E-state index is 0.510. The number of anilines is 3. The molecule has 0 bridgehead atoms. The highest BCUT2D eigenvalue weighted by Crippen LogP contribution is 2.42. The highest BCUT2D eigenvalue weighted by molar-refractivity contribution is 6.05. The largest absolute Gasteiger partial charge is 0.308 e. The molecule has 0 amide bonds. The van der Waals surface area contributed by atoms with E-state index in [-0.39, 0.29) is 0 Å². The zero-order valence-corrected chi connectivity index (χ0v) is 23.7. The van der Waals surface area contributed by atoms with Crippen LogP contribution in [0.5, 0.6) is 0 Å². The molecule has 0 aliphatic carbocycles. The van der Waals surface area contributed by atoms with Crippen LogP contribution in [0.1, 0.15) is 0 Å². The van der Waals surface area contributed by atoms with Gasteiger partial charge < -0.3 is 4.90 Å². The van der Waals surface area contributed by atoms with Crippen LogP contribution in [0.2, 0.25) is 0 Å². The van der Waals surface area contributed by atoms with Gasteiger partial charge in [-0.1, -0.05) is 109 Å². The average molecular weight is 567 g/mol. The molecule has 3 heterocycles. The molecule has 0 atom stereocenters. The van der Waals surface area contributed by atoms with E-state index < -0.39 is 0 Å². The van der Waals surface area contributed by atoms with Crippen molar-refractivity contribution in [3.05, 3.63) is 158 Å². The molecule has 0 N–H and O–H groups in total. The number of aromatic nitrogens is 5. The van der Waals surface area contributed by atoms with Crippen molar-refractivity contribution < 1.29 is 0 Å². The van der Waals surface area contributed by atoms with Crippen molar-refractivity contribution in [1.82, 2.24) is 24.5 Å². The Morgan fingerprint density at radius 1 is 0.455 bits per heavy atom. The lowest BCUT2D eigenvalue weighted by molar-refractivity contribution is 0.892. The van der Waals surface area contributed by atoms with Crippen LogP contribution in [-0.4, -0.2) is 24.5 Å². The molecule has 0 unspecified atom stereocenters. The third-order valence-electron chi connectivity index (χ3n) is 7.66. The van der Waals surface area contributed by atoms with Crippen molar-refractivity contribution in [2.75, 3.05) is 4.90 Å². The molecule has 44 heavy (non-hydrogen) atoms. The summed E-state index contributed by atoms with van der Waals surface area (Å²) >= 11 is 0. The van der Waals surface area contributed by atoms with E-state index in [0.717, 1.165) is 50.5 Å². The van der Waals surface area contributed by atoms with E-state index in [4.69, 9.17) is 19.9 Å². The second kappa shape index (κ2) is 10.9. The molecule has 208 valence electrons. The average Bonchev–Trinajstić information content (AvgIpc) is 3.50. The van der Waals surface area contributed by atoms with E-state index in [9.17, 15) is 0 Å². The van der Waals surface area contributed by atoms with Crippen LogP contribution in [0.3, 0.4) is 0 Å². The Morgan fingerprint density at radius 3 is 1.57 bits per heavy atom. The minimum Gasteiger partial charge on any atom is -0.308 e. The summed E-state index contributed by atoms with van der Waals surface area (Å²) in [5.74, 6) is 2.50. The first-order valence-electron chi connectivity index (χ1n) is 14.5. The third kappa shape index (κ3) is 4.55. The van der Waals surface area contributed by atoms with Crippen LogP contribution in [-0.2, 0) is 0 Å². The third-order valence-corrected chi connectivity index (χ3v) is 7.66. The fraction of sp³-hybridized carbons (Fsp3) is 0. The molecule has 0 radical (unpaired) electrons. The number of para-hydroxylation sites is 3. The van der Waals surface area contributed by atoms with E-state index in [1.807, 2.05) is 89.6 Å². The molecule has 0 spiro atoms. The lowest BCUT2D eigenvalue weighted by Gasteiger charge is -2.25. The number of benzene rings is 5. The van der Waals surface area contributed by atoms with Crippen LogP contribution in [0.25, 0.3) is 51.0 Å². The molecule has 2 aliphatic heterocycles. The number of hydrogen-bond donors (Lipinski definition) is 0. The van der Waals surface area contributed by atoms with Crippen LogP contribution < -0.4 is 4.90 Å². The molecule has 5 aromatic carbocycles. The van der Waals surface area contributed by atoms with E-state index >= 15 is 0 Å². The Balaban J connectivity index is 1.35. The standard InChI is InChI=1S/C38H26N6/c1-5-15-27(16-6-1)35-40-36(28-17-7-2-8-18-28)42-38(41-35)43-26-14-24-32-31-23-13-25-33(34(31)39-37(32)43)44(29-19-9-3-10-20-29)30-21-11-4-12-22-30/h1-26H. The summed E-state index contributed by atoms with van der Waals surface area (Å²) in [7, 11) is 0. The van der Waals surface area contributed by atoms with E-state index in [2.05, 4.69) is 77.7 Å². The summed E-state index contributed by atoms with van der Waals surface area (Å²) in [6.45, 7) is 0. The van der Waals surface area contributed by atoms with Gasteiger partial charge in [0.1, 0.15) is 5.82 Å². The van der Waals surface area contributed by atoms with Gasteiger partial charge in [-0.15, -0.1) is 0 Å². The number of rotatable bonds is 6. The van der Waals surface area contributed by atoms with Crippen LogP contribution in [0, 0.1) is 0 Å². The van der Waals surface area contributed by atoms with Crippen molar-refractivity contribution in [3.8, 4) is 40.1 Å². The Labute approximate surface area is 254 Å². The van der Waals surface area contributed by atoms with Gasteiger partial charge in [-0.2, -0.15) is 9.97 Å². The van der Waals surface area contributed by atoms with Gasteiger partial charge in [0.15, 0.2) is 11.6 Å².